The fraction of sp³-hybridized carbons (Fsp3) is 0.632. The van der Waals surface area contributed by atoms with Crippen LogP contribution in [-0.4, -0.2) is 74.6 Å². The van der Waals surface area contributed by atoms with E-state index in [1.807, 2.05) is 0 Å². The molecule has 3 rings (SSSR count). The third-order valence-electron chi connectivity index (χ3n) is 4.51. The third kappa shape index (κ3) is 5.21. The Balaban J connectivity index is 1.70. The van der Waals surface area contributed by atoms with E-state index in [4.69, 9.17) is 19.9 Å². The number of ether oxygens (including phenoxy) is 3. The molecule has 0 amide bonds. The molecule has 0 saturated carbocycles. The zero-order chi connectivity index (χ0) is 22.9. The van der Waals surface area contributed by atoms with Crippen LogP contribution in [0.1, 0.15) is 33.6 Å². The molecule has 1 aromatic rings. The molecule has 0 unspecified atom stereocenters. The Morgan fingerprint density at radius 2 is 2.03 bits per heavy atom. The molecule has 172 valence electrons. The number of esters is 1. The van der Waals surface area contributed by atoms with Crippen molar-refractivity contribution in [2.75, 3.05) is 23.8 Å². The summed E-state index contributed by atoms with van der Waals surface area (Å²) in [6, 6.07) is 0. The zero-order valence-electron chi connectivity index (χ0n) is 17.6. The minimum atomic E-state index is -1.30. The van der Waals surface area contributed by atoms with E-state index in [-0.39, 0.29) is 30.8 Å². The summed E-state index contributed by atoms with van der Waals surface area (Å²) in [5, 5.41) is 30.3. The predicted molar refractivity (Wildman–Crippen MR) is 112 cm³/mol. The fourth-order valence-corrected chi connectivity index (χ4v) is 4.16. The van der Waals surface area contributed by atoms with E-state index in [2.05, 4.69) is 16.5 Å². The highest BCUT2D eigenvalue weighted by molar-refractivity contribution is 8.03. The summed E-state index contributed by atoms with van der Waals surface area (Å²) in [4.78, 5) is 22.2. The number of carbonyl (C=O) groups excluding carboxylic acids is 1. The second kappa shape index (κ2) is 9.17. The lowest BCUT2D eigenvalue weighted by Crippen LogP contribution is -2.42. The van der Waals surface area contributed by atoms with Gasteiger partial charge in [0.2, 0.25) is 11.8 Å². The minimum absolute atomic E-state index is 0.0621. The van der Waals surface area contributed by atoms with Gasteiger partial charge in [0.05, 0.1) is 18.2 Å². The van der Waals surface area contributed by atoms with E-state index in [1.165, 1.54) is 16.7 Å². The molecular formula is C19H28N4O7S. The molecule has 0 bridgehead atoms. The van der Waals surface area contributed by atoms with E-state index in [0.717, 1.165) is 0 Å². The first-order valence-electron chi connectivity index (χ1n) is 9.82. The van der Waals surface area contributed by atoms with Gasteiger partial charge in [-0.15, -0.1) is 0 Å². The summed E-state index contributed by atoms with van der Waals surface area (Å²) in [7, 11) is 0. The van der Waals surface area contributed by atoms with Gasteiger partial charge in [0.1, 0.15) is 28.8 Å². The summed E-state index contributed by atoms with van der Waals surface area (Å²) in [5.41, 5.74) is 5.29. The summed E-state index contributed by atoms with van der Waals surface area (Å²) in [6.07, 6.45) is -3.91. The van der Waals surface area contributed by atoms with Gasteiger partial charge in [-0.3, -0.25) is 9.69 Å². The maximum Gasteiger partial charge on any atom is 0.306 e. The van der Waals surface area contributed by atoms with Crippen molar-refractivity contribution in [3.05, 3.63) is 11.6 Å². The number of aromatic nitrogens is 2. The number of nitrogen functional groups attached to an aromatic ring is 1. The van der Waals surface area contributed by atoms with Gasteiger partial charge in [0.25, 0.3) is 0 Å². The van der Waals surface area contributed by atoms with E-state index < -0.39 is 36.7 Å². The Bertz CT molecular complexity index is 847. The van der Waals surface area contributed by atoms with E-state index in [0.29, 0.717) is 22.2 Å². The average Bonchev–Trinajstić information content (AvgIpc) is 3.13. The van der Waals surface area contributed by atoms with Gasteiger partial charge < -0.3 is 35.3 Å². The van der Waals surface area contributed by atoms with Crippen molar-refractivity contribution in [2.24, 2.45) is 0 Å². The monoisotopic (exact) mass is 456 g/mol. The second-order valence-electron chi connectivity index (χ2n) is 8.17. The summed E-state index contributed by atoms with van der Waals surface area (Å²) in [5.74, 6) is 0.154. The molecule has 0 radical (unpaired) electrons. The highest BCUT2D eigenvalue weighted by atomic mass is 32.2. The lowest BCUT2D eigenvalue weighted by atomic mass is 10.1. The van der Waals surface area contributed by atoms with E-state index in [1.54, 1.807) is 20.8 Å². The van der Waals surface area contributed by atoms with Crippen molar-refractivity contribution in [1.82, 2.24) is 9.97 Å². The molecule has 11 nitrogen and oxygen atoms in total. The average molecular weight is 457 g/mol. The fourth-order valence-electron chi connectivity index (χ4n) is 3.20. The van der Waals surface area contributed by atoms with Crippen molar-refractivity contribution >= 4 is 29.5 Å². The van der Waals surface area contributed by atoms with E-state index in [9.17, 15) is 20.1 Å². The molecule has 3 heterocycles. The summed E-state index contributed by atoms with van der Waals surface area (Å²) in [6.45, 7) is 9.11. The van der Waals surface area contributed by atoms with Crippen LogP contribution in [0.3, 0.4) is 0 Å². The van der Waals surface area contributed by atoms with Gasteiger partial charge >= 0.3 is 5.97 Å². The second-order valence-corrected chi connectivity index (χ2v) is 9.26. The zero-order valence-corrected chi connectivity index (χ0v) is 18.5. The normalized spacial score (nSPS) is 25.6. The molecule has 1 aromatic heterocycles. The third-order valence-corrected chi connectivity index (χ3v) is 5.50. The molecule has 0 spiro atoms. The molecule has 31 heavy (non-hydrogen) atoms. The summed E-state index contributed by atoms with van der Waals surface area (Å²) >= 11 is 1.20. The molecule has 2 aliphatic rings. The van der Waals surface area contributed by atoms with Gasteiger partial charge in [0, 0.05) is 6.42 Å². The van der Waals surface area contributed by atoms with Crippen molar-refractivity contribution in [2.45, 2.75) is 68.6 Å². The number of nitrogens with two attached hydrogens (primary N) is 1. The number of thioether (sulfide) groups is 1. The number of anilines is 2. The van der Waals surface area contributed by atoms with Crippen LogP contribution in [0.2, 0.25) is 0 Å². The van der Waals surface area contributed by atoms with Crippen LogP contribution in [0.5, 0.6) is 5.88 Å². The highest BCUT2D eigenvalue weighted by Gasteiger charge is 2.49. The number of aliphatic hydroxyl groups excluding tert-OH is 3. The molecule has 4 atom stereocenters. The maximum absolute atomic E-state index is 11.8. The van der Waals surface area contributed by atoms with Crippen LogP contribution < -0.4 is 15.4 Å². The Morgan fingerprint density at radius 3 is 2.65 bits per heavy atom. The number of aliphatic hydroxyl groups is 3. The van der Waals surface area contributed by atoms with Crippen LogP contribution in [-0.2, 0) is 14.3 Å². The van der Waals surface area contributed by atoms with Crippen LogP contribution in [0.15, 0.2) is 16.5 Å². The van der Waals surface area contributed by atoms with Gasteiger partial charge in [-0.1, -0.05) is 18.3 Å². The Morgan fingerprint density at radius 1 is 1.32 bits per heavy atom. The number of rotatable bonds is 7. The summed E-state index contributed by atoms with van der Waals surface area (Å²) < 4.78 is 16.6. The number of hydrogen-bond acceptors (Lipinski definition) is 12. The molecule has 1 fully saturated rings. The van der Waals surface area contributed by atoms with Gasteiger partial charge in [-0.25, -0.2) is 0 Å². The predicted octanol–water partition coefficient (Wildman–Crippen LogP) is 0.382. The molecule has 5 N–H and O–H groups in total. The topological polar surface area (TPSA) is 160 Å². The molecule has 2 aliphatic heterocycles. The molecule has 12 heteroatoms. The van der Waals surface area contributed by atoms with Crippen LogP contribution >= 0.6 is 11.8 Å². The first-order chi connectivity index (χ1) is 14.5. The smallest absolute Gasteiger partial charge is 0.306 e. The number of fused-ring (bicyclic) bond motifs is 1. The number of hydrogen-bond donors (Lipinski definition) is 4. The maximum atomic E-state index is 11.8. The van der Waals surface area contributed by atoms with Crippen LogP contribution in [0.25, 0.3) is 0 Å². The van der Waals surface area contributed by atoms with Crippen LogP contribution in [0, 0.1) is 0 Å². The first-order valence-corrected chi connectivity index (χ1v) is 10.6. The van der Waals surface area contributed by atoms with Gasteiger partial charge in [-0.2, -0.15) is 9.97 Å². The molecule has 1 saturated heterocycles. The van der Waals surface area contributed by atoms with Crippen LogP contribution in [0.4, 0.5) is 11.8 Å². The Kier molecular flexibility index (Phi) is 6.96. The lowest BCUT2D eigenvalue weighted by molar-refractivity contribution is -0.155. The van der Waals surface area contributed by atoms with Crippen molar-refractivity contribution in [1.29, 1.82) is 0 Å². The Hall–Kier alpha value is -2.12. The van der Waals surface area contributed by atoms with Crippen molar-refractivity contribution in [3.63, 3.8) is 0 Å². The van der Waals surface area contributed by atoms with E-state index >= 15 is 0 Å². The molecule has 0 aromatic carbocycles. The van der Waals surface area contributed by atoms with Gasteiger partial charge in [-0.05, 0) is 27.2 Å². The van der Waals surface area contributed by atoms with Crippen molar-refractivity contribution < 1.29 is 34.3 Å². The molecule has 0 aliphatic carbocycles. The lowest BCUT2D eigenvalue weighted by Gasteiger charge is -2.27. The standard InChI is InChI=1S/C19H28N4O7S/c1-9-23(17-13(27)12(26)10(8-24)29-17)15-14(31-9)16(22-18(20)21-15)28-7-5-6-11(25)30-19(2,3)4/h10,12-13,17,24,26-27H,1,5-8H2,2-4H3,(H2,20,21,22)/t10-,12-,13-,17-/m1/s1. The van der Waals surface area contributed by atoms with Gasteiger partial charge in [0.15, 0.2) is 12.0 Å². The first kappa shape index (κ1) is 23.5. The largest absolute Gasteiger partial charge is 0.477 e. The number of nitrogens with zero attached hydrogens (tertiary/aromatic N) is 3. The molecular weight excluding hydrogens is 428 g/mol. The Labute approximate surface area is 184 Å². The quantitative estimate of drug-likeness (QED) is 0.330. The minimum Gasteiger partial charge on any atom is -0.477 e. The highest BCUT2D eigenvalue weighted by Crippen LogP contribution is 2.50. The SMILES string of the molecule is C=C1Sc2c(OCCCC(=O)OC(C)(C)C)nc(N)nc2N1[C@@H]1O[C@H](CO)[C@@H](O)[C@H]1O. The van der Waals surface area contributed by atoms with Crippen molar-refractivity contribution in [3.8, 4) is 5.88 Å². The number of carbonyl (C=O) groups is 1.